The van der Waals surface area contributed by atoms with Gasteiger partial charge >= 0.3 is 0 Å². The Bertz CT molecular complexity index is 1220. The number of nitrogens with one attached hydrogen (secondary N) is 1. The van der Waals surface area contributed by atoms with Crippen molar-refractivity contribution in [3.8, 4) is 0 Å². The number of aryl methyl sites for hydroxylation is 1. The third-order valence-electron chi connectivity index (χ3n) is 4.71. The van der Waals surface area contributed by atoms with Crippen LogP contribution in [-0.4, -0.2) is 20.4 Å². The quantitative estimate of drug-likeness (QED) is 0.574. The summed E-state index contributed by atoms with van der Waals surface area (Å²) in [5.74, 6) is -0.427. The van der Waals surface area contributed by atoms with E-state index in [1.165, 1.54) is 0 Å². The van der Waals surface area contributed by atoms with Gasteiger partial charge in [0.15, 0.2) is 0 Å². The van der Waals surface area contributed by atoms with Crippen LogP contribution in [0.5, 0.6) is 0 Å². The number of fused-ring (bicyclic) bond motifs is 1. The summed E-state index contributed by atoms with van der Waals surface area (Å²) >= 11 is 0. The maximum atomic E-state index is 13.2. The van der Waals surface area contributed by atoms with E-state index in [0.717, 1.165) is 22.2 Å². The van der Waals surface area contributed by atoms with Crippen molar-refractivity contribution in [2.75, 3.05) is 0 Å². The van der Waals surface area contributed by atoms with Crippen molar-refractivity contribution < 1.29 is 4.79 Å². The number of carbonyl (C=O) groups is 1. The van der Waals surface area contributed by atoms with Gasteiger partial charge in [0.05, 0.1) is 18.8 Å². The number of hydrogen-bond donors (Lipinski definition) is 1. The van der Waals surface area contributed by atoms with Gasteiger partial charge in [0.1, 0.15) is 11.2 Å². The molecule has 0 aliphatic heterocycles. The summed E-state index contributed by atoms with van der Waals surface area (Å²) in [6.07, 6.45) is 3.31. The zero-order chi connectivity index (χ0) is 20.2. The standard InChI is InChI=1S/C23H20N4O2/c1-16-7-9-17(10-8-16)15-27-21-18(5-4-12-25-21)13-20(23(27)29)22(28)26-14-19-6-2-3-11-24-19/h2-13H,14-15H2,1H3,(H,26,28). The fourth-order valence-electron chi connectivity index (χ4n) is 3.16. The lowest BCUT2D eigenvalue weighted by Gasteiger charge is -2.12. The second-order valence-corrected chi connectivity index (χ2v) is 6.85. The van der Waals surface area contributed by atoms with E-state index >= 15 is 0 Å². The van der Waals surface area contributed by atoms with Gasteiger partial charge in [-0.25, -0.2) is 4.98 Å². The first kappa shape index (κ1) is 18.6. The predicted octanol–water partition coefficient (Wildman–Crippen LogP) is 3.08. The molecule has 4 rings (SSSR count). The lowest BCUT2D eigenvalue weighted by Crippen LogP contribution is -2.33. The van der Waals surface area contributed by atoms with Crippen LogP contribution in [0.3, 0.4) is 0 Å². The Balaban J connectivity index is 1.71. The van der Waals surface area contributed by atoms with Crippen LogP contribution in [0.25, 0.3) is 11.0 Å². The summed E-state index contributed by atoms with van der Waals surface area (Å²) in [6.45, 7) is 2.61. The highest BCUT2D eigenvalue weighted by atomic mass is 16.2. The van der Waals surface area contributed by atoms with E-state index < -0.39 is 5.91 Å². The maximum absolute atomic E-state index is 13.2. The SMILES string of the molecule is Cc1ccc(Cn2c(=O)c(C(=O)NCc3ccccn3)cc3cccnc32)cc1. The van der Waals surface area contributed by atoms with Gasteiger partial charge in [0.2, 0.25) is 0 Å². The lowest BCUT2D eigenvalue weighted by molar-refractivity contribution is 0.0948. The van der Waals surface area contributed by atoms with Crippen LogP contribution in [-0.2, 0) is 13.1 Å². The van der Waals surface area contributed by atoms with Crippen LogP contribution in [0, 0.1) is 6.92 Å². The van der Waals surface area contributed by atoms with E-state index in [2.05, 4.69) is 15.3 Å². The molecule has 144 valence electrons. The Morgan fingerprint density at radius 3 is 2.55 bits per heavy atom. The van der Waals surface area contributed by atoms with Gasteiger partial charge in [-0.15, -0.1) is 0 Å². The molecule has 29 heavy (non-hydrogen) atoms. The van der Waals surface area contributed by atoms with Crippen molar-refractivity contribution in [1.29, 1.82) is 0 Å². The number of amides is 1. The lowest BCUT2D eigenvalue weighted by atomic mass is 10.1. The summed E-state index contributed by atoms with van der Waals surface area (Å²) in [4.78, 5) is 34.5. The minimum absolute atomic E-state index is 0.0912. The summed E-state index contributed by atoms with van der Waals surface area (Å²) in [6, 6.07) is 18.7. The van der Waals surface area contributed by atoms with Crippen LogP contribution >= 0.6 is 0 Å². The first-order chi connectivity index (χ1) is 14.1. The Kier molecular flexibility index (Phi) is 5.16. The molecular formula is C23H20N4O2. The highest BCUT2D eigenvalue weighted by Crippen LogP contribution is 2.13. The highest BCUT2D eigenvalue weighted by molar-refractivity contribution is 5.96. The fraction of sp³-hybridized carbons (Fsp3) is 0.130. The van der Waals surface area contributed by atoms with E-state index in [0.29, 0.717) is 12.2 Å². The van der Waals surface area contributed by atoms with E-state index in [4.69, 9.17) is 0 Å². The van der Waals surface area contributed by atoms with Gasteiger partial charge in [-0.3, -0.25) is 19.1 Å². The van der Waals surface area contributed by atoms with Crippen molar-refractivity contribution in [3.63, 3.8) is 0 Å². The molecule has 6 nitrogen and oxygen atoms in total. The average Bonchev–Trinajstić information content (AvgIpc) is 2.76. The monoisotopic (exact) mass is 384 g/mol. The zero-order valence-electron chi connectivity index (χ0n) is 16.0. The van der Waals surface area contributed by atoms with Crippen molar-refractivity contribution in [1.82, 2.24) is 19.9 Å². The highest BCUT2D eigenvalue weighted by Gasteiger charge is 2.16. The van der Waals surface area contributed by atoms with Crippen molar-refractivity contribution >= 4 is 16.9 Å². The molecule has 1 amide bonds. The van der Waals surface area contributed by atoms with Crippen LogP contribution in [0.1, 0.15) is 27.2 Å². The van der Waals surface area contributed by atoms with Crippen molar-refractivity contribution in [2.45, 2.75) is 20.0 Å². The summed E-state index contributed by atoms with van der Waals surface area (Å²) in [5, 5.41) is 3.52. The minimum atomic E-state index is -0.427. The van der Waals surface area contributed by atoms with E-state index in [9.17, 15) is 9.59 Å². The first-order valence-electron chi connectivity index (χ1n) is 9.34. The average molecular weight is 384 g/mol. The van der Waals surface area contributed by atoms with Crippen molar-refractivity contribution in [2.24, 2.45) is 0 Å². The second-order valence-electron chi connectivity index (χ2n) is 6.85. The largest absolute Gasteiger partial charge is 0.346 e. The number of nitrogens with zero attached hydrogens (tertiary/aromatic N) is 3. The molecule has 0 radical (unpaired) electrons. The Morgan fingerprint density at radius 2 is 1.79 bits per heavy atom. The number of rotatable bonds is 5. The van der Waals surface area contributed by atoms with Crippen LogP contribution in [0.4, 0.5) is 0 Å². The predicted molar refractivity (Wildman–Crippen MR) is 112 cm³/mol. The number of benzene rings is 1. The van der Waals surface area contributed by atoms with E-state index in [-0.39, 0.29) is 17.7 Å². The molecule has 0 atom stereocenters. The molecule has 4 aromatic rings. The van der Waals surface area contributed by atoms with Gasteiger partial charge in [-0.05, 0) is 42.8 Å². The van der Waals surface area contributed by atoms with Gasteiger partial charge < -0.3 is 5.32 Å². The molecule has 0 aliphatic rings. The Morgan fingerprint density at radius 1 is 1.00 bits per heavy atom. The molecule has 3 aromatic heterocycles. The van der Waals surface area contributed by atoms with Gasteiger partial charge in [0.25, 0.3) is 11.5 Å². The summed E-state index contributed by atoms with van der Waals surface area (Å²) in [7, 11) is 0. The summed E-state index contributed by atoms with van der Waals surface area (Å²) in [5.41, 5.74) is 3.12. The molecule has 1 aromatic carbocycles. The third-order valence-corrected chi connectivity index (χ3v) is 4.71. The van der Waals surface area contributed by atoms with Crippen LogP contribution in [0.15, 0.2) is 77.9 Å². The summed E-state index contributed by atoms with van der Waals surface area (Å²) < 4.78 is 1.55. The number of aromatic nitrogens is 3. The molecule has 1 N–H and O–H groups in total. The van der Waals surface area contributed by atoms with Gasteiger partial charge in [0, 0.05) is 17.8 Å². The topological polar surface area (TPSA) is 76.9 Å². The first-order valence-corrected chi connectivity index (χ1v) is 9.34. The number of pyridine rings is 3. The van der Waals surface area contributed by atoms with Gasteiger partial charge in [-0.1, -0.05) is 35.9 Å². The number of carbonyl (C=O) groups excluding carboxylic acids is 1. The minimum Gasteiger partial charge on any atom is -0.346 e. The third kappa shape index (κ3) is 4.06. The smallest absolute Gasteiger partial charge is 0.265 e. The fourth-order valence-corrected chi connectivity index (χ4v) is 3.16. The zero-order valence-corrected chi connectivity index (χ0v) is 16.0. The molecule has 0 aliphatic carbocycles. The second kappa shape index (κ2) is 8.06. The molecule has 0 spiro atoms. The molecular weight excluding hydrogens is 364 g/mol. The van der Waals surface area contributed by atoms with E-state index in [1.54, 1.807) is 29.1 Å². The van der Waals surface area contributed by atoms with Crippen LogP contribution < -0.4 is 10.9 Å². The maximum Gasteiger partial charge on any atom is 0.265 e. The van der Waals surface area contributed by atoms with Crippen LogP contribution in [0.2, 0.25) is 0 Å². The van der Waals surface area contributed by atoms with E-state index in [1.807, 2.05) is 55.5 Å². The molecule has 6 heteroatoms. The normalized spacial score (nSPS) is 10.8. The molecule has 0 unspecified atom stereocenters. The Hall–Kier alpha value is -3.80. The molecule has 0 bridgehead atoms. The molecule has 0 fully saturated rings. The Labute approximate surface area is 167 Å². The van der Waals surface area contributed by atoms with Gasteiger partial charge in [-0.2, -0.15) is 0 Å². The van der Waals surface area contributed by atoms with Crippen molar-refractivity contribution in [3.05, 3.63) is 106 Å². The number of hydrogen-bond acceptors (Lipinski definition) is 4. The molecule has 3 heterocycles. The molecule has 0 saturated carbocycles. The molecule has 0 saturated heterocycles.